The number of ether oxygens (including phenoxy) is 1. The summed E-state index contributed by atoms with van der Waals surface area (Å²) in [7, 11) is -1.49. The van der Waals surface area contributed by atoms with Gasteiger partial charge < -0.3 is 23.9 Å². The standard InChI is InChI=1S/C19H23F3N7O6P/c1-4-12-15(35-36(3)33-8-6-23-2)14(16(34-12)28-7-5-13(30)25-18(28)32)29-10-11(26-27-29)9-24-17(31)19(20,21)22/h5,7,10,12,14-16H,4,6,8-9H2,1,3H3,(H,24,31)(H,25,30,32)/t12-,14+,15?,16-,36?/m1/s1. The third-order valence-electron chi connectivity index (χ3n) is 5.13. The molecule has 196 valence electrons. The zero-order chi connectivity index (χ0) is 26.5. The lowest BCUT2D eigenvalue weighted by Gasteiger charge is -2.26. The topological polar surface area (TPSA) is 147 Å². The van der Waals surface area contributed by atoms with Gasteiger partial charge >= 0.3 is 17.8 Å². The first-order chi connectivity index (χ1) is 17.0. The highest BCUT2D eigenvalue weighted by Gasteiger charge is 2.49. The van der Waals surface area contributed by atoms with Crippen LogP contribution in [-0.2, 0) is 25.1 Å². The van der Waals surface area contributed by atoms with Crippen molar-refractivity contribution in [3.05, 3.63) is 56.4 Å². The molecule has 1 aliphatic heterocycles. The number of amides is 1. The summed E-state index contributed by atoms with van der Waals surface area (Å²) in [6.07, 6.45) is -4.39. The Morgan fingerprint density at radius 2 is 2.17 bits per heavy atom. The van der Waals surface area contributed by atoms with E-state index in [1.54, 1.807) is 12.0 Å². The van der Waals surface area contributed by atoms with E-state index < -0.39 is 62.7 Å². The van der Waals surface area contributed by atoms with E-state index in [2.05, 4.69) is 20.1 Å². The van der Waals surface area contributed by atoms with Gasteiger partial charge in [-0.2, -0.15) is 13.2 Å². The fourth-order valence-corrected chi connectivity index (χ4v) is 4.55. The van der Waals surface area contributed by atoms with Crippen molar-refractivity contribution >= 4 is 14.3 Å². The molecule has 13 nitrogen and oxygen atoms in total. The normalized spacial score (nSPS) is 22.8. The molecule has 1 amide bonds. The van der Waals surface area contributed by atoms with E-state index in [4.69, 9.17) is 20.4 Å². The second-order valence-corrected chi connectivity index (χ2v) is 8.92. The van der Waals surface area contributed by atoms with Gasteiger partial charge in [0.05, 0.1) is 18.8 Å². The van der Waals surface area contributed by atoms with Crippen molar-refractivity contribution < 1.29 is 31.8 Å². The largest absolute Gasteiger partial charge is 0.471 e. The van der Waals surface area contributed by atoms with Crippen LogP contribution in [0, 0.1) is 6.57 Å². The number of rotatable bonds is 10. The number of carbonyl (C=O) groups excluding carboxylic acids is 1. The van der Waals surface area contributed by atoms with Gasteiger partial charge in [-0.3, -0.25) is 19.1 Å². The van der Waals surface area contributed by atoms with Gasteiger partial charge in [0.1, 0.15) is 24.4 Å². The SMILES string of the molecule is [C-]#[N+]CCOP(C)OC1[C@@H](CC)O[C@@H](n2ccc(=O)[nH]c2=O)[C@H]1n1cc(CNC(=O)C(F)(F)F)nn1. The van der Waals surface area contributed by atoms with Gasteiger partial charge in [-0.25, -0.2) is 16.0 Å². The molecule has 2 aromatic heterocycles. The second kappa shape index (κ2) is 11.7. The Hall–Kier alpha value is -3.12. The number of aromatic amines is 1. The van der Waals surface area contributed by atoms with Crippen LogP contribution in [0.3, 0.4) is 0 Å². The van der Waals surface area contributed by atoms with Gasteiger partial charge in [-0.1, -0.05) is 12.1 Å². The van der Waals surface area contributed by atoms with E-state index in [0.29, 0.717) is 6.42 Å². The van der Waals surface area contributed by atoms with Crippen LogP contribution >= 0.6 is 8.38 Å². The van der Waals surface area contributed by atoms with E-state index in [1.807, 2.05) is 6.92 Å². The number of nitrogens with zero attached hydrogens (tertiary/aromatic N) is 5. The molecule has 0 radical (unpaired) electrons. The van der Waals surface area contributed by atoms with Crippen molar-refractivity contribution in [3.8, 4) is 0 Å². The van der Waals surface area contributed by atoms with E-state index >= 15 is 0 Å². The van der Waals surface area contributed by atoms with Crippen LogP contribution < -0.4 is 16.6 Å². The Balaban J connectivity index is 1.92. The zero-order valence-electron chi connectivity index (χ0n) is 19.1. The van der Waals surface area contributed by atoms with Crippen LogP contribution in [0.15, 0.2) is 28.0 Å². The molecule has 17 heteroatoms. The van der Waals surface area contributed by atoms with E-state index in [-0.39, 0.29) is 18.8 Å². The fraction of sp³-hybridized carbons (Fsp3) is 0.579. The molecule has 3 rings (SSSR count). The first-order valence-electron chi connectivity index (χ1n) is 10.6. The van der Waals surface area contributed by atoms with Crippen LogP contribution in [0.25, 0.3) is 4.85 Å². The van der Waals surface area contributed by atoms with E-state index in [9.17, 15) is 27.6 Å². The van der Waals surface area contributed by atoms with Gasteiger partial charge in [0, 0.05) is 18.9 Å². The first-order valence-corrected chi connectivity index (χ1v) is 12.3. The molecule has 2 N–H and O–H groups in total. The Labute approximate surface area is 203 Å². The minimum Gasteiger partial charge on any atom is -0.349 e. The summed E-state index contributed by atoms with van der Waals surface area (Å²) >= 11 is 0. The van der Waals surface area contributed by atoms with Crippen LogP contribution in [0.1, 0.15) is 31.3 Å². The highest BCUT2D eigenvalue weighted by molar-refractivity contribution is 7.46. The maximum atomic E-state index is 12.5. The van der Waals surface area contributed by atoms with Crippen molar-refractivity contribution in [1.29, 1.82) is 0 Å². The smallest absolute Gasteiger partial charge is 0.349 e. The average Bonchev–Trinajstić information content (AvgIpc) is 3.41. The minimum absolute atomic E-state index is 0.0194. The van der Waals surface area contributed by atoms with Crippen LogP contribution in [0.5, 0.6) is 0 Å². The Morgan fingerprint density at radius 3 is 2.81 bits per heavy atom. The molecule has 1 fully saturated rings. The highest BCUT2D eigenvalue weighted by atomic mass is 31.2. The van der Waals surface area contributed by atoms with Gasteiger partial charge in [0.25, 0.3) is 5.56 Å². The quantitative estimate of drug-likeness (QED) is 0.263. The number of aromatic nitrogens is 5. The number of alkyl halides is 3. The van der Waals surface area contributed by atoms with Crippen molar-refractivity contribution in [1.82, 2.24) is 29.9 Å². The second-order valence-electron chi connectivity index (χ2n) is 7.58. The molecule has 1 aliphatic rings. The molecule has 0 spiro atoms. The Morgan fingerprint density at radius 1 is 1.42 bits per heavy atom. The third-order valence-corrected chi connectivity index (χ3v) is 6.22. The number of carbonyl (C=O) groups is 1. The molecule has 1 saturated heterocycles. The van der Waals surface area contributed by atoms with Crippen molar-refractivity contribution in [2.45, 2.75) is 50.5 Å². The van der Waals surface area contributed by atoms with Crippen molar-refractivity contribution in [3.63, 3.8) is 0 Å². The van der Waals surface area contributed by atoms with Crippen LogP contribution in [-0.4, -0.2) is 68.7 Å². The van der Waals surface area contributed by atoms with Crippen molar-refractivity contribution in [2.75, 3.05) is 19.8 Å². The van der Waals surface area contributed by atoms with Crippen molar-refractivity contribution in [2.24, 2.45) is 0 Å². The Bertz CT molecular complexity index is 1210. The molecular formula is C19H23F3N7O6P. The summed E-state index contributed by atoms with van der Waals surface area (Å²) in [6, 6.07) is 0.281. The zero-order valence-corrected chi connectivity index (χ0v) is 20.0. The Kier molecular flexibility index (Phi) is 8.96. The molecule has 0 bridgehead atoms. The molecule has 0 aliphatic carbocycles. The summed E-state index contributed by atoms with van der Waals surface area (Å²) in [6.45, 7) is 10.1. The molecule has 3 heterocycles. The van der Waals surface area contributed by atoms with Gasteiger partial charge in [0.15, 0.2) is 14.6 Å². The summed E-state index contributed by atoms with van der Waals surface area (Å²) in [5, 5.41) is 9.51. The predicted molar refractivity (Wildman–Crippen MR) is 118 cm³/mol. The number of nitrogens with one attached hydrogen (secondary N) is 2. The summed E-state index contributed by atoms with van der Waals surface area (Å²) in [5.74, 6) is -2.13. The van der Waals surface area contributed by atoms with Crippen LogP contribution in [0.4, 0.5) is 13.2 Å². The molecule has 0 saturated carbocycles. The third kappa shape index (κ3) is 6.55. The maximum Gasteiger partial charge on any atom is 0.471 e. The highest BCUT2D eigenvalue weighted by Crippen LogP contribution is 2.47. The number of hydrogen-bond donors (Lipinski definition) is 2. The van der Waals surface area contributed by atoms with Crippen LogP contribution in [0.2, 0.25) is 0 Å². The lowest BCUT2D eigenvalue weighted by molar-refractivity contribution is -0.173. The average molecular weight is 533 g/mol. The first kappa shape index (κ1) is 27.5. The van der Waals surface area contributed by atoms with Gasteiger partial charge in [-0.15, -0.1) is 5.10 Å². The predicted octanol–water partition coefficient (Wildman–Crippen LogP) is 1.12. The summed E-state index contributed by atoms with van der Waals surface area (Å²) < 4.78 is 57.7. The monoisotopic (exact) mass is 533 g/mol. The molecule has 2 unspecified atom stereocenters. The van der Waals surface area contributed by atoms with Gasteiger partial charge in [-0.05, 0) is 6.42 Å². The summed E-state index contributed by atoms with van der Waals surface area (Å²) in [5.41, 5.74) is -1.34. The molecule has 0 aromatic carbocycles. The van der Waals surface area contributed by atoms with Gasteiger partial charge in [0.2, 0.25) is 6.54 Å². The lowest BCUT2D eigenvalue weighted by Crippen LogP contribution is -2.37. The molecule has 2 aromatic rings. The number of halogens is 3. The van der Waals surface area contributed by atoms with E-state index in [0.717, 1.165) is 10.6 Å². The number of hydrogen-bond acceptors (Lipinski definition) is 8. The molecule has 36 heavy (non-hydrogen) atoms. The van der Waals surface area contributed by atoms with E-state index in [1.165, 1.54) is 17.1 Å². The lowest BCUT2D eigenvalue weighted by atomic mass is 10.1. The minimum atomic E-state index is -5.05. The molecule has 5 atom stereocenters. The molecular weight excluding hydrogens is 510 g/mol. The number of H-pyrrole nitrogens is 1. The maximum absolute atomic E-state index is 12.5. The summed E-state index contributed by atoms with van der Waals surface area (Å²) in [4.78, 5) is 40.6. The fourth-order valence-electron chi connectivity index (χ4n) is 3.54.